The first kappa shape index (κ1) is 18.5. The van der Waals surface area contributed by atoms with Crippen LogP contribution < -0.4 is 0 Å². The van der Waals surface area contributed by atoms with E-state index in [4.69, 9.17) is 0 Å². The van der Waals surface area contributed by atoms with Gasteiger partial charge in [0.25, 0.3) is 0 Å². The Morgan fingerprint density at radius 1 is 0.714 bits per heavy atom. The van der Waals surface area contributed by atoms with E-state index >= 15 is 0 Å². The van der Waals surface area contributed by atoms with Crippen LogP contribution in [-0.4, -0.2) is 0 Å². The molecule has 3 aromatic rings. The molecule has 0 saturated heterocycles. The van der Waals surface area contributed by atoms with Gasteiger partial charge in [-0.2, -0.15) is 0 Å². The molecular formula is C28H28. The van der Waals surface area contributed by atoms with E-state index in [1.165, 1.54) is 22.3 Å². The minimum absolute atomic E-state index is 0.241. The van der Waals surface area contributed by atoms with Gasteiger partial charge in [-0.25, -0.2) is 0 Å². The Morgan fingerprint density at radius 3 is 1.54 bits per heavy atom. The fourth-order valence-corrected chi connectivity index (χ4v) is 4.55. The summed E-state index contributed by atoms with van der Waals surface area (Å²) in [5.41, 5.74) is 5.23. The highest BCUT2D eigenvalue weighted by Gasteiger charge is 2.42. The molecule has 0 fully saturated rings. The van der Waals surface area contributed by atoms with Gasteiger partial charge in [-0.15, -0.1) is 0 Å². The van der Waals surface area contributed by atoms with Crippen LogP contribution in [0.1, 0.15) is 37.0 Å². The zero-order chi connectivity index (χ0) is 19.4. The molecule has 0 aliphatic heterocycles. The molecule has 0 bridgehead atoms. The van der Waals surface area contributed by atoms with Crippen molar-refractivity contribution in [2.24, 2.45) is 11.8 Å². The molecule has 0 aromatic heterocycles. The van der Waals surface area contributed by atoms with Gasteiger partial charge in [0.2, 0.25) is 0 Å². The summed E-state index contributed by atoms with van der Waals surface area (Å²) in [6.07, 6.45) is 8.43. The maximum atomic E-state index is 2.50. The van der Waals surface area contributed by atoms with E-state index in [2.05, 4.69) is 123 Å². The normalized spacial score (nSPS) is 17.4. The minimum Gasteiger partial charge on any atom is -0.0758 e. The van der Waals surface area contributed by atoms with E-state index in [0.717, 1.165) is 6.42 Å². The summed E-state index contributed by atoms with van der Waals surface area (Å²) in [4.78, 5) is 0. The van der Waals surface area contributed by atoms with Crippen molar-refractivity contribution < 1.29 is 0 Å². The topological polar surface area (TPSA) is 0 Å². The van der Waals surface area contributed by atoms with E-state index in [0.29, 0.717) is 5.92 Å². The Bertz CT molecular complexity index is 852. The summed E-state index contributed by atoms with van der Waals surface area (Å²) in [6, 6.07) is 33.0. The second kappa shape index (κ2) is 8.02. The summed E-state index contributed by atoms with van der Waals surface area (Å²) in [6.45, 7) is 4.60. The molecular weight excluding hydrogens is 336 g/mol. The Kier molecular flexibility index (Phi) is 5.30. The van der Waals surface area contributed by atoms with Crippen LogP contribution in [0.25, 0.3) is 0 Å². The summed E-state index contributed by atoms with van der Waals surface area (Å²) < 4.78 is 0. The van der Waals surface area contributed by atoms with E-state index in [-0.39, 0.29) is 11.3 Å². The fraction of sp³-hybridized carbons (Fsp3) is 0.214. The van der Waals surface area contributed by atoms with Crippen molar-refractivity contribution in [1.29, 1.82) is 0 Å². The van der Waals surface area contributed by atoms with E-state index in [1.54, 1.807) is 0 Å². The zero-order valence-corrected chi connectivity index (χ0v) is 16.8. The molecule has 0 N–H and O–H groups in total. The maximum Gasteiger partial charge on any atom is 0.0548 e. The second-order valence-electron chi connectivity index (χ2n) is 7.77. The van der Waals surface area contributed by atoms with Gasteiger partial charge in [0, 0.05) is 5.92 Å². The van der Waals surface area contributed by atoms with Crippen LogP contribution in [0.2, 0.25) is 0 Å². The molecule has 0 saturated carbocycles. The van der Waals surface area contributed by atoms with Gasteiger partial charge < -0.3 is 0 Å². The first-order valence-corrected chi connectivity index (χ1v) is 10.3. The van der Waals surface area contributed by atoms with Crippen LogP contribution in [0.3, 0.4) is 0 Å². The van der Waals surface area contributed by atoms with Gasteiger partial charge in [0.15, 0.2) is 0 Å². The molecule has 0 nitrogen and oxygen atoms in total. The summed E-state index contributed by atoms with van der Waals surface area (Å²) in [5, 5.41) is 0. The highest BCUT2D eigenvalue weighted by molar-refractivity contribution is 5.55. The van der Waals surface area contributed by atoms with Gasteiger partial charge in [-0.05, 0) is 34.6 Å². The van der Waals surface area contributed by atoms with Crippen molar-refractivity contribution >= 4 is 0 Å². The van der Waals surface area contributed by atoms with Crippen molar-refractivity contribution in [2.45, 2.75) is 25.7 Å². The predicted octanol–water partition coefficient (Wildman–Crippen LogP) is 7.18. The quantitative estimate of drug-likeness (QED) is 0.406. The van der Waals surface area contributed by atoms with Crippen molar-refractivity contribution in [2.75, 3.05) is 0 Å². The molecule has 0 heteroatoms. The van der Waals surface area contributed by atoms with E-state index in [9.17, 15) is 0 Å². The Balaban J connectivity index is 2.00. The second-order valence-corrected chi connectivity index (χ2v) is 7.77. The number of hydrogen-bond acceptors (Lipinski definition) is 0. The summed E-state index contributed by atoms with van der Waals surface area (Å²) in [7, 11) is 0. The lowest BCUT2D eigenvalue weighted by molar-refractivity contribution is 0.525. The maximum absolute atomic E-state index is 2.50. The first-order chi connectivity index (χ1) is 13.8. The molecule has 1 aliphatic rings. The third kappa shape index (κ3) is 3.14. The van der Waals surface area contributed by atoms with Crippen LogP contribution in [0.5, 0.6) is 0 Å². The lowest BCUT2D eigenvalue weighted by atomic mass is 9.62. The lowest BCUT2D eigenvalue weighted by Crippen LogP contribution is -2.36. The van der Waals surface area contributed by atoms with E-state index < -0.39 is 0 Å². The highest BCUT2D eigenvalue weighted by Crippen LogP contribution is 2.48. The van der Waals surface area contributed by atoms with Crippen LogP contribution in [0.15, 0.2) is 115 Å². The van der Waals surface area contributed by atoms with Crippen molar-refractivity contribution in [3.05, 3.63) is 131 Å². The summed E-state index contributed by atoms with van der Waals surface area (Å²) >= 11 is 0. The van der Waals surface area contributed by atoms with Crippen LogP contribution >= 0.6 is 0 Å². The van der Waals surface area contributed by atoms with E-state index in [1.807, 2.05) is 0 Å². The summed E-state index contributed by atoms with van der Waals surface area (Å²) in [5.74, 6) is 0.866. The molecule has 0 radical (unpaired) electrons. The number of rotatable bonds is 6. The van der Waals surface area contributed by atoms with Gasteiger partial charge >= 0.3 is 0 Å². The minimum atomic E-state index is -0.241. The van der Waals surface area contributed by atoms with Gasteiger partial charge in [-0.1, -0.05) is 123 Å². The average Bonchev–Trinajstić information content (AvgIpc) is 3.26. The smallest absolute Gasteiger partial charge is 0.0548 e. The third-order valence-corrected chi connectivity index (χ3v) is 6.24. The molecule has 0 heterocycles. The first-order valence-electron chi connectivity index (χ1n) is 10.3. The monoisotopic (exact) mass is 364 g/mol. The Hall–Kier alpha value is -2.86. The molecule has 2 unspecified atom stereocenters. The standard InChI is InChI=1S/C28H28/c1-3-22(2)23-19-20-27(21-23)28(24-13-7-4-8-14-24,25-15-9-5-10-16-25)26-17-11-6-12-18-26/h4-22,27H,3H2,1-2H3. The van der Waals surface area contributed by atoms with Gasteiger partial charge in [-0.3, -0.25) is 0 Å². The molecule has 2 atom stereocenters. The van der Waals surface area contributed by atoms with Crippen molar-refractivity contribution in [1.82, 2.24) is 0 Å². The molecule has 28 heavy (non-hydrogen) atoms. The SMILES string of the molecule is CCC(C)C1=CC(C(c2ccccc2)(c2ccccc2)c2ccccc2)C=C1. The predicted molar refractivity (Wildman–Crippen MR) is 119 cm³/mol. The number of benzene rings is 3. The third-order valence-electron chi connectivity index (χ3n) is 6.24. The zero-order valence-electron chi connectivity index (χ0n) is 16.8. The van der Waals surface area contributed by atoms with Gasteiger partial charge in [0.1, 0.15) is 0 Å². The molecule has 140 valence electrons. The number of hydrogen-bond donors (Lipinski definition) is 0. The molecule has 0 spiro atoms. The molecule has 0 amide bonds. The molecule has 1 aliphatic carbocycles. The molecule has 4 rings (SSSR count). The van der Waals surface area contributed by atoms with Crippen LogP contribution in [-0.2, 0) is 5.41 Å². The Labute approximate surface area is 169 Å². The highest BCUT2D eigenvalue weighted by atomic mass is 14.4. The van der Waals surface area contributed by atoms with Crippen LogP contribution in [0, 0.1) is 11.8 Å². The Morgan fingerprint density at radius 2 is 1.14 bits per heavy atom. The largest absolute Gasteiger partial charge is 0.0758 e. The van der Waals surface area contributed by atoms with Gasteiger partial charge in [0.05, 0.1) is 5.41 Å². The average molecular weight is 365 g/mol. The van der Waals surface area contributed by atoms with Crippen molar-refractivity contribution in [3.63, 3.8) is 0 Å². The lowest BCUT2D eigenvalue weighted by Gasteiger charge is -2.40. The molecule has 3 aromatic carbocycles. The van der Waals surface area contributed by atoms with Crippen molar-refractivity contribution in [3.8, 4) is 0 Å². The number of allylic oxidation sites excluding steroid dienone is 4. The fourth-order valence-electron chi connectivity index (χ4n) is 4.55. The van der Waals surface area contributed by atoms with Crippen LogP contribution in [0.4, 0.5) is 0 Å².